The van der Waals surface area contributed by atoms with Crippen molar-refractivity contribution in [2.24, 2.45) is 0 Å². The molecular formula is C32H32O13. The summed E-state index contributed by atoms with van der Waals surface area (Å²) in [6.07, 6.45) is -6.87. The van der Waals surface area contributed by atoms with Crippen molar-refractivity contribution in [2.45, 2.75) is 57.1 Å². The average Bonchev–Trinajstić information content (AvgIpc) is 3.01. The highest BCUT2D eigenvalue weighted by Crippen LogP contribution is 2.49. The van der Waals surface area contributed by atoms with E-state index >= 15 is 0 Å². The van der Waals surface area contributed by atoms with Crippen LogP contribution in [0.15, 0.2) is 48.5 Å². The Labute approximate surface area is 256 Å². The number of aromatic hydroxyl groups is 4. The summed E-state index contributed by atoms with van der Waals surface area (Å²) in [6, 6.07) is 9.82. The molecular weight excluding hydrogens is 592 g/mol. The first-order valence-corrected chi connectivity index (χ1v) is 13.9. The van der Waals surface area contributed by atoms with Crippen LogP contribution in [0.2, 0.25) is 0 Å². The molecule has 45 heavy (non-hydrogen) atoms. The molecule has 7 N–H and O–H groups in total. The number of phenols is 4. The van der Waals surface area contributed by atoms with Crippen molar-refractivity contribution in [3.05, 3.63) is 76.4 Å². The van der Waals surface area contributed by atoms with Crippen LogP contribution in [0.3, 0.4) is 0 Å². The van der Waals surface area contributed by atoms with E-state index in [9.17, 15) is 45.3 Å². The highest BCUT2D eigenvalue weighted by atomic mass is 16.7. The lowest BCUT2D eigenvalue weighted by Crippen LogP contribution is -2.60. The Bertz CT molecular complexity index is 1630. The van der Waals surface area contributed by atoms with Crippen molar-refractivity contribution in [1.29, 1.82) is 0 Å². The standard InChI is InChI=1S/C32H32O13/c1-14-26(38)25-21(36)12-22(19-11-18(34)8-9-20(19)35)43-31(25)15(2)30(14)45-32-29(41)28(40)27(39)23(44-32)13-42-24(37)10-5-16-3-6-17(33)7-4-16/h3-11,22-23,27-29,32-35,38-41H,12-13H2,1-2H3/b10-5+/t22-,23+,27+,28-,29+,32-/m0/s1. The van der Waals surface area contributed by atoms with Gasteiger partial charge in [-0.2, -0.15) is 0 Å². The fraction of sp³-hybridized carbons (Fsp3) is 0.312. The smallest absolute Gasteiger partial charge is 0.330 e. The summed E-state index contributed by atoms with van der Waals surface area (Å²) < 4.78 is 22.8. The summed E-state index contributed by atoms with van der Waals surface area (Å²) in [5, 5.41) is 72.3. The van der Waals surface area contributed by atoms with Gasteiger partial charge in [0.2, 0.25) is 6.29 Å². The number of ether oxygens (including phenoxy) is 4. The first-order chi connectivity index (χ1) is 21.3. The van der Waals surface area contributed by atoms with Gasteiger partial charge in [-0.3, -0.25) is 4.79 Å². The summed E-state index contributed by atoms with van der Waals surface area (Å²) in [5.41, 5.74) is 0.964. The molecule has 3 aromatic rings. The topological polar surface area (TPSA) is 213 Å². The first-order valence-electron chi connectivity index (χ1n) is 13.9. The fourth-order valence-electron chi connectivity index (χ4n) is 5.21. The molecule has 6 atom stereocenters. The maximum atomic E-state index is 13.1. The van der Waals surface area contributed by atoms with Gasteiger partial charge in [0.25, 0.3) is 0 Å². The Morgan fingerprint density at radius 3 is 2.33 bits per heavy atom. The Hall–Kier alpha value is -4.82. The van der Waals surface area contributed by atoms with Gasteiger partial charge in [0.05, 0.1) is 6.42 Å². The zero-order chi connectivity index (χ0) is 32.6. The molecule has 0 spiro atoms. The van der Waals surface area contributed by atoms with Crippen molar-refractivity contribution in [3.8, 4) is 34.5 Å². The number of ketones is 1. The van der Waals surface area contributed by atoms with Crippen LogP contribution < -0.4 is 9.47 Å². The number of aliphatic hydroxyl groups is 3. The van der Waals surface area contributed by atoms with Gasteiger partial charge in [-0.05, 0) is 55.8 Å². The number of aliphatic hydroxyl groups excluding tert-OH is 3. The predicted molar refractivity (Wildman–Crippen MR) is 155 cm³/mol. The number of rotatable bonds is 7. The predicted octanol–water partition coefficient (Wildman–Crippen LogP) is 2.28. The largest absolute Gasteiger partial charge is 0.508 e. The van der Waals surface area contributed by atoms with Crippen molar-refractivity contribution < 1.29 is 64.3 Å². The fourth-order valence-corrected chi connectivity index (χ4v) is 5.21. The number of phenolic OH excluding ortho intramolecular Hbond substituents is 4. The maximum absolute atomic E-state index is 13.1. The molecule has 1 saturated heterocycles. The normalized spacial score (nSPS) is 24.6. The van der Waals surface area contributed by atoms with Gasteiger partial charge >= 0.3 is 5.97 Å². The second kappa shape index (κ2) is 12.7. The summed E-state index contributed by atoms with van der Waals surface area (Å²) >= 11 is 0. The van der Waals surface area contributed by atoms with E-state index < -0.39 is 60.9 Å². The number of hydrogen-bond donors (Lipinski definition) is 7. The molecule has 238 valence electrons. The lowest BCUT2D eigenvalue weighted by Gasteiger charge is -2.40. The molecule has 0 amide bonds. The minimum Gasteiger partial charge on any atom is -0.508 e. The molecule has 13 heteroatoms. The summed E-state index contributed by atoms with van der Waals surface area (Å²) in [4.78, 5) is 25.4. The molecule has 2 heterocycles. The quantitative estimate of drug-likeness (QED) is 0.114. The number of benzene rings is 3. The number of fused-ring (bicyclic) bond motifs is 1. The van der Waals surface area contributed by atoms with Crippen LogP contribution in [-0.4, -0.2) is 84.8 Å². The Kier molecular flexibility index (Phi) is 8.89. The van der Waals surface area contributed by atoms with Crippen molar-refractivity contribution in [1.82, 2.24) is 0 Å². The number of carbonyl (C=O) groups is 2. The number of hydrogen-bond acceptors (Lipinski definition) is 13. The molecule has 13 nitrogen and oxygen atoms in total. The Balaban J connectivity index is 1.35. The number of esters is 1. The molecule has 0 bridgehead atoms. The highest BCUT2D eigenvalue weighted by molar-refractivity contribution is 6.04. The zero-order valence-electron chi connectivity index (χ0n) is 24.2. The lowest BCUT2D eigenvalue weighted by molar-refractivity contribution is -0.278. The second-order valence-corrected chi connectivity index (χ2v) is 10.8. The van der Waals surface area contributed by atoms with Gasteiger partial charge in [0.15, 0.2) is 5.78 Å². The summed E-state index contributed by atoms with van der Waals surface area (Å²) in [6.45, 7) is 2.46. The number of Topliss-reactive ketones (excluding diaryl/α,β-unsaturated/α-hetero) is 1. The van der Waals surface area contributed by atoms with Crippen molar-refractivity contribution in [3.63, 3.8) is 0 Å². The lowest BCUT2D eigenvalue weighted by atomic mass is 9.91. The minimum atomic E-state index is -1.78. The molecule has 0 radical (unpaired) electrons. The third-order valence-corrected chi connectivity index (χ3v) is 7.71. The van der Waals surface area contributed by atoms with Gasteiger partial charge in [-0.25, -0.2) is 4.79 Å². The van der Waals surface area contributed by atoms with E-state index in [1.54, 1.807) is 12.1 Å². The SMILES string of the molecule is Cc1c(O)c2c(c(C)c1O[C@@H]1O[C@H](COC(=O)/C=C/c3ccc(O)cc3)[C@@H](O)[C@H](O)[C@H]1O)O[C@H](c1cc(O)ccc1O)CC2=O. The monoisotopic (exact) mass is 624 g/mol. The molecule has 0 unspecified atom stereocenters. The molecule has 3 aromatic carbocycles. The van der Waals surface area contributed by atoms with Crippen molar-refractivity contribution in [2.75, 3.05) is 6.61 Å². The van der Waals surface area contributed by atoms with Crippen LogP contribution in [0.1, 0.15) is 45.1 Å². The van der Waals surface area contributed by atoms with Crippen LogP contribution in [-0.2, 0) is 14.3 Å². The van der Waals surface area contributed by atoms with E-state index in [-0.39, 0.29) is 57.4 Å². The second-order valence-electron chi connectivity index (χ2n) is 10.8. The Morgan fingerprint density at radius 1 is 0.933 bits per heavy atom. The third-order valence-electron chi connectivity index (χ3n) is 7.71. The van der Waals surface area contributed by atoms with Crippen molar-refractivity contribution >= 4 is 17.8 Å². The van der Waals surface area contributed by atoms with E-state index in [1.165, 1.54) is 50.3 Å². The van der Waals surface area contributed by atoms with Gasteiger partial charge in [-0.15, -0.1) is 0 Å². The molecule has 2 aliphatic rings. The Morgan fingerprint density at radius 2 is 1.62 bits per heavy atom. The third kappa shape index (κ3) is 6.37. The molecule has 5 rings (SSSR count). The van der Waals surface area contributed by atoms with E-state index in [1.807, 2.05) is 0 Å². The first kappa shape index (κ1) is 31.6. The molecule has 0 aliphatic carbocycles. The van der Waals surface area contributed by atoms with E-state index in [0.717, 1.165) is 6.08 Å². The van der Waals surface area contributed by atoms with Crippen LogP contribution >= 0.6 is 0 Å². The van der Waals surface area contributed by atoms with Gasteiger partial charge < -0.3 is 54.7 Å². The molecule has 0 saturated carbocycles. The molecule has 0 aromatic heterocycles. The van der Waals surface area contributed by atoms with Gasteiger partial charge in [0, 0.05) is 22.8 Å². The summed E-state index contributed by atoms with van der Waals surface area (Å²) in [7, 11) is 0. The average molecular weight is 625 g/mol. The van der Waals surface area contributed by atoms with Crippen LogP contribution in [0.5, 0.6) is 34.5 Å². The van der Waals surface area contributed by atoms with Crippen LogP contribution in [0.25, 0.3) is 6.08 Å². The molecule has 1 fully saturated rings. The zero-order valence-corrected chi connectivity index (χ0v) is 24.2. The number of carbonyl (C=O) groups excluding carboxylic acids is 2. The highest BCUT2D eigenvalue weighted by Gasteiger charge is 2.46. The molecule has 2 aliphatic heterocycles. The summed E-state index contributed by atoms with van der Waals surface area (Å²) in [5.74, 6) is -2.17. The van der Waals surface area contributed by atoms with Crippen LogP contribution in [0.4, 0.5) is 0 Å². The van der Waals surface area contributed by atoms with Gasteiger partial charge in [-0.1, -0.05) is 12.1 Å². The van der Waals surface area contributed by atoms with E-state index in [2.05, 4.69) is 0 Å². The minimum absolute atomic E-state index is 0.0555. The van der Waals surface area contributed by atoms with Gasteiger partial charge in [0.1, 0.15) is 77.2 Å². The van der Waals surface area contributed by atoms with E-state index in [4.69, 9.17) is 18.9 Å². The maximum Gasteiger partial charge on any atom is 0.330 e. The van der Waals surface area contributed by atoms with E-state index in [0.29, 0.717) is 5.56 Å². The van der Waals surface area contributed by atoms with Crippen LogP contribution in [0, 0.1) is 13.8 Å².